The van der Waals surface area contributed by atoms with Crippen LogP contribution in [0.5, 0.6) is 11.5 Å². The number of carbonyl (C=O) groups excluding carboxylic acids is 2. The third-order valence-corrected chi connectivity index (χ3v) is 6.09. The number of amides is 2. The molecule has 7 nitrogen and oxygen atoms in total. The highest BCUT2D eigenvalue weighted by molar-refractivity contribution is 5.97. The molecular weight excluding hydrogens is 440 g/mol. The zero-order valence-corrected chi connectivity index (χ0v) is 19.4. The summed E-state index contributed by atoms with van der Waals surface area (Å²) in [5.41, 5.74) is 3.45. The number of fused-ring (bicyclic) bond motifs is 1. The number of anilines is 1. The van der Waals surface area contributed by atoms with E-state index in [1.54, 1.807) is 17.0 Å². The number of hydrogen-bond acceptors (Lipinski definition) is 4. The van der Waals surface area contributed by atoms with Crippen molar-refractivity contribution in [3.8, 4) is 11.5 Å². The van der Waals surface area contributed by atoms with Crippen LogP contribution in [0.25, 0.3) is 23.1 Å². The van der Waals surface area contributed by atoms with Crippen LogP contribution < -0.4 is 10.1 Å². The Morgan fingerprint density at radius 2 is 1.86 bits per heavy atom. The van der Waals surface area contributed by atoms with Crippen LogP contribution in [0.4, 0.5) is 5.69 Å². The van der Waals surface area contributed by atoms with Gasteiger partial charge in [-0.3, -0.25) is 14.7 Å². The van der Waals surface area contributed by atoms with E-state index in [0.717, 1.165) is 28.6 Å². The Labute approximate surface area is 203 Å². The fraction of sp³-hybridized carbons (Fsp3) is 0.179. The Morgan fingerprint density at radius 3 is 2.69 bits per heavy atom. The van der Waals surface area contributed by atoms with E-state index in [0.29, 0.717) is 30.2 Å². The van der Waals surface area contributed by atoms with Crippen LogP contribution in [0, 0.1) is 0 Å². The topological polar surface area (TPSA) is 87.3 Å². The molecular formula is C28H26N4O3. The Kier molecular flexibility index (Phi) is 6.30. The van der Waals surface area contributed by atoms with Gasteiger partial charge in [0.2, 0.25) is 11.8 Å². The number of nitrogens with one attached hydrogen (secondary N) is 2. The van der Waals surface area contributed by atoms with Crippen LogP contribution in [0.3, 0.4) is 0 Å². The fourth-order valence-electron chi connectivity index (χ4n) is 4.36. The third-order valence-electron chi connectivity index (χ3n) is 6.09. The van der Waals surface area contributed by atoms with Crippen molar-refractivity contribution < 1.29 is 14.3 Å². The first-order valence-electron chi connectivity index (χ1n) is 11.6. The highest BCUT2D eigenvalue weighted by Gasteiger charge is 2.32. The Morgan fingerprint density at radius 1 is 1.03 bits per heavy atom. The highest BCUT2D eigenvalue weighted by atomic mass is 16.5. The number of hydrogen-bond donors (Lipinski definition) is 2. The van der Waals surface area contributed by atoms with Crippen LogP contribution in [-0.2, 0) is 9.59 Å². The quantitative estimate of drug-likeness (QED) is 0.394. The number of carbonyl (C=O) groups is 2. The zero-order valence-electron chi connectivity index (χ0n) is 19.4. The van der Waals surface area contributed by atoms with Crippen LogP contribution in [0.15, 0.2) is 72.8 Å². The molecule has 2 amide bonds. The van der Waals surface area contributed by atoms with E-state index < -0.39 is 6.04 Å². The third kappa shape index (κ3) is 5.09. The van der Waals surface area contributed by atoms with Crippen LogP contribution in [-0.4, -0.2) is 39.5 Å². The normalized spacial score (nSPS) is 15.6. The lowest BCUT2D eigenvalue weighted by atomic mass is 10.1. The second-order valence-electron chi connectivity index (χ2n) is 8.55. The molecule has 1 unspecified atom stereocenters. The molecule has 176 valence electrons. The standard InChI is InChI=1S/C28H26N4O3/c1-19(33)32-16-6-11-27(32)28(34)29-21-9-5-10-22(17-21)35-23-13-14-24-25(30-31-26(24)18-23)15-12-20-7-3-2-4-8-20/h2-5,7-10,12-15,17-18,27H,6,11,16H2,1H3,(H,29,34)(H,30,31)/b15-12+. The number of ether oxygens (including phenoxy) is 1. The molecule has 1 saturated heterocycles. The first kappa shape index (κ1) is 22.4. The predicted molar refractivity (Wildman–Crippen MR) is 137 cm³/mol. The summed E-state index contributed by atoms with van der Waals surface area (Å²) in [5, 5.41) is 11.4. The Balaban J connectivity index is 1.28. The van der Waals surface area contributed by atoms with Gasteiger partial charge < -0.3 is 15.0 Å². The molecule has 1 aromatic heterocycles. The first-order valence-corrected chi connectivity index (χ1v) is 11.6. The van der Waals surface area contributed by atoms with Crippen LogP contribution in [0.1, 0.15) is 31.0 Å². The van der Waals surface area contributed by atoms with Crippen molar-refractivity contribution in [1.29, 1.82) is 0 Å². The van der Waals surface area contributed by atoms with Crippen molar-refractivity contribution in [1.82, 2.24) is 15.1 Å². The molecule has 4 aromatic rings. The molecule has 2 heterocycles. The van der Waals surface area contributed by atoms with E-state index in [9.17, 15) is 9.59 Å². The van der Waals surface area contributed by atoms with Gasteiger partial charge in [0.25, 0.3) is 0 Å². The maximum atomic E-state index is 12.7. The molecule has 1 fully saturated rings. The zero-order chi connectivity index (χ0) is 24.2. The summed E-state index contributed by atoms with van der Waals surface area (Å²) in [6.07, 6.45) is 5.52. The van der Waals surface area contributed by atoms with Crippen LogP contribution >= 0.6 is 0 Å². The van der Waals surface area contributed by atoms with Gasteiger partial charge in [0.05, 0.1) is 11.2 Å². The lowest BCUT2D eigenvalue weighted by molar-refractivity contribution is -0.134. The van der Waals surface area contributed by atoms with Crippen molar-refractivity contribution in [2.75, 3.05) is 11.9 Å². The second-order valence-corrected chi connectivity index (χ2v) is 8.55. The summed E-state index contributed by atoms with van der Waals surface area (Å²) in [6.45, 7) is 2.12. The number of H-pyrrole nitrogens is 1. The van der Waals surface area contributed by atoms with Gasteiger partial charge in [-0.05, 0) is 48.7 Å². The van der Waals surface area contributed by atoms with Gasteiger partial charge >= 0.3 is 0 Å². The number of aromatic amines is 1. The number of aromatic nitrogens is 2. The smallest absolute Gasteiger partial charge is 0.247 e. The maximum Gasteiger partial charge on any atom is 0.247 e. The minimum atomic E-state index is -0.426. The molecule has 7 heteroatoms. The summed E-state index contributed by atoms with van der Waals surface area (Å²) < 4.78 is 6.05. The maximum absolute atomic E-state index is 12.7. The summed E-state index contributed by atoms with van der Waals surface area (Å²) >= 11 is 0. The molecule has 1 aliphatic rings. The number of nitrogens with zero attached hydrogens (tertiary/aromatic N) is 2. The largest absolute Gasteiger partial charge is 0.457 e. The molecule has 1 aliphatic heterocycles. The Hall–Kier alpha value is -4.39. The van der Waals surface area contributed by atoms with Crippen molar-refractivity contribution in [2.45, 2.75) is 25.8 Å². The molecule has 35 heavy (non-hydrogen) atoms. The summed E-state index contributed by atoms with van der Waals surface area (Å²) in [6, 6.07) is 22.7. The van der Waals surface area contributed by atoms with Crippen LogP contribution in [0.2, 0.25) is 0 Å². The molecule has 0 aliphatic carbocycles. The van der Waals surface area contributed by atoms with Gasteiger partial charge in [0.15, 0.2) is 0 Å². The van der Waals surface area contributed by atoms with Gasteiger partial charge in [-0.2, -0.15) is 5.10 Å². The molecule has 1 atom stereocenters. The van der Waals surface area contributed by atoms with Gasteiger partial charge in [-0.25, -0.2) is 0 Å². The molecule has 3 aromatic carbocycles. The minimum Gasteiger partial charge on any atom is -0.457 e. The molecule has 0 radical (unpaired) electrons. The molecule has 2 N–H and O–H groups in total. The summed E-state index contributed by atoms with van der Waals surface area (Å²) in [7, 11) is 0. The molecule has 0 bridgehead atoms. The van der Waals surface area contributed by atoms with Crippen molar-refractivity contribution in [3.05, 3.63) is 84.1 Å². The van der Waals surface area contributed by atoms with Crippen molar-refractivity contribution >= 4 is 40.6 Å². The van der Waals surface area contributed by atoms with E-state index >= 15 is 0 Å². The van der Waals surface area contributed by atoms with E-state index in [-0.39, 0.29) is 11.8 Å². The lowest BCUT2D eigenvalue weighted by Gasteiger charge is -2.22. The lowest BCUT2D eigenvalue weighted by Crippen LogP contribution is -2.42. The second kappa shape index (κ2) is 9.85. The summed E-state index contributed by atoms with van der Waals surface area (Å²) in [4.78, 5) is 26.1. The Bertz CT molecular complexity index is 1390. The summed E-state index contributed by atoms with van der Waals surface area (Å²) in [5.74, 6) is 1.000. The fourth-order valence-corrected chi connectivity index (χ4v) is 4.36. The number of rotatable bonds is 6. The molecule has 0 spiro atoms. The van der Waals surface area contributed by atoms with Gasteiger partial charge in [0, 0.05) is 36.7 Å². The van der Waals surface area contributed by atoms with Crippen molar-refractivity contribution in [3.63, 3.8) is 0 Å². The average molecular weight is 467 g/mol. The van der Waals surface area contributed by atoms with Crippen molar-refractivity contribution in [2.24, 2.45) is 0 Å². The number of likely N-dealkylation sites (tertiary alicyclic amines) is 1. The van der Waals surface area contributed by atoms with E-state index in [1.807, 2.05) is 72.8 Å². The van der Waals surface area contributed by atoms with Gasteiger partial charge in [-0.1, -0.05) is 42.5 Å². The van der Waals surface area contributed by atoms with E-state index in [2.05, 4.69) is 15.5 Å². The first-order chi connectivity index (χ1) is 17.1. The minimum absolute atomic E-state index is 0.0763. The number of benzene rings is 3. The highest BCUT2D eigenvalue weighted by Crippen LogP contribution is 2.29. The SMILES string of the molecule is CC(=O)N1CCCC1C(=O)Nc1cccc(Oc2ccc3c(/C=C/c4ccccc4)n[nH]c3c2)c1. The molecule has 5 rings (SSSR count). The van der Waals surface area contributed by atoms with E-state index in [4.69, 9.17) is 4.74 Å². The predicted octanol–water partition coefficient (Wildman–Crippen LogP) is 5.48. The van der Waals surface area contributed by atoms with E-state index in [1.165, 1.54) is 6.92 Å². The monoisotopic (exact) mass is 466 g/mol. The van der Waals surface area contributed by atoms with Gasteiger partial charge in [0.1, 0.15) is 17.5 Å². The van der Waals surface area contributed by atoms with Gasteiger partial charge in [-0.15, -0.1) is 0 Å². The molecule has 0 saturated carbocycles. The average Bonchev–Trinajstić information content (AvgIpc) is 3.51.